The highest BCUT2D eigenvalue weighted by molar-refractivity contribution is 6.19. The quantitative estimate of drug-likeness (QED) is 0.510. The first-order valence-corrected chi connectivity index (χ1v) is 4.47. The molecule has 0 saturated heterocycles. The molecule has 0 radical (unpaired) electrons. The molecule has 3 nitrogen and oxygen atoms in total. The summed E-state index contributed by atoms with van der Waals surface area (Å²) < 4.78 is 9.31. The SMILES string of the molecule is CCC(C)COC(=O)OC(C)Cl. The minimum Gasteiger partial charge on any atom is -0.434 e. The van der Waals surface area contributed by atoms with Crippen LogP contribution in [0.25, 0.3) is 0 Å². The second-order valence-electron chi connectivity index (χ2n) is 2.74. The van der Waals surface area contributed by atoms with Crippen molar-refractivity contribution in [3.05, 3.63) is 0 Å². The van der Waals surface area contributed by atoms with Crippen LogP contribution in [-0.2, 0) is 9.47 Å². The van der Waals surface area contributed by atoms with E-state index >= 15 is 0 Å². The third-order valence-corrected chi connectivity index (χ3v) is 1.53. The highest BCUT2D eigenvalue weighted by atomic mass is 35.5. The maximum atomic E-state index is 10.7. The molecule has 0 bridgehead atoms. The molecule has 2 atom stereocenters. The molecule has 0 aliphatic carbocycles. The summed E-state index contributed by atoms with van der Waals surface area (Å²) in [5, 5.41) is 0. The van der Waals surface area contributed by atoms with E-state index in [1.807, 2.05) is 13.8 Å². The summed E-state index contributed by atoms with van der Waals surface area (Å²) in [4.78, 5) is 10.7. The molecular weight excluding hydrogens is 180 g/mol. The lowest BCUT2D eigenvalue weighted by Gasteiger charge is -2.10. The zero-order chi connectivity index (χ0) is 9.56. The van der Waals surface area contributed by atoms with Gasteiger partial charge in [0.1, 0.15) is 0 Å². The Balaban J connectivity index is 3.44. The summed E-state index contributed by atoms with van der Waals surface area (Å²) in [5.74, 6) is 0.364. The van der Waals surface area contributed by atoms with Crippen molar-refractivity contribution in [1.82, 2.24) is 0 Å². The Hall–Kier alpha value is -0.440. The van der Waals surface area contributed by atoms with Gasteiger partial charge in [-0.1, -0.05) is 31.9 Å². The minimum atomic E-state index is -0.696. The van der Waals surface area contributed by atoms with Gasteiger partial charge in [-0.3, -0.25) is 0 Å². The summed E-state index contributed by atoms with van der Waals surface area (Å²) in [5.41, 5.74) is -0.630. The maximum absolute atomic E-state index is 10.7. The maximum Gasteiger partial charge on any atom is 0.509 e. The van der Waals surface area contributed by atoms with Gasteiger partial charge in [0.2, 0.25) is 0 Å². The fourth-order valence-corrected chi connectivity index (χ4v) is 0.568. The first-order chi connectivity index (χ1) is 5.56. The summed E-state index contributed by atoms with van der Waals surface area (Å²) in [6, 6.07) is 0. The van der Waals surface area contributed by atoms with Crippen LogP contribution in [0.15, 0.2) is 0 Å². The van der Waals surface area contributed by atoms with Gasteiger partial charge < -0.3 is 9.47 Å². The lowest BCUT2D eigenvalue weighted by Crippen LogP contribution is -2.15. The van der Waals surface area contributed by atoms with E-state index in [-0.39, 0.29) is 0 Å². The monoisotopic (exact) mass is 194 g/mol. The average Bonchev–Trinajstić information content (AvgIpc) is 1.99. The van der Waals surface area contributed by atoms with E-state index in [1.165, 1.54) is 0 Å². The van der Waals surface area contributed by atoms with Crippen LogP contribution in [0.2, 0.25) is 0 Å². The van der Waals surface area contributed by atoms with Gasteiger partial charge in [0.25, 0.3) is 0 Å². The van der Waals surface area contributed by atoms with Gasteiger partial charge >= 0.3 is 6.16 Å². The Morgan fingerprint density at radius 3 is 2.50 bits per heavy atom. The van der Waals surface area contributed by atoms with Gasteiger partial charge in [0.15, 0.2) is 5.56 Å². The molecule has 0 aliphatic heterocycles. The van der Waals surface area contributed by atoms with Gasteiger partial charge in [0.05, 0.1) is 6.61 Å². The van der Waals surface area contributed by atoms with Crippen molar-refractivity contribution in [3.8, 4) is 0 Å². The lowest BCUT2D eigenvalue weighted by molar-refractivity contribution is 0.0405. The highest BCUT2D eigenvalue weighted by Gasteiger charge is 2.09. The molecule has 0 rings (SSSR count). The Labute approximate surface area is 78.0 Å². The normalized spacial score (nSPS) is 15.0. The summed E-state index contributed by atoms with van der Waals surface area (Å²) in [6.45, 7) is 5.98. The van der Waals surface area contributed by atoms with E-state index in [2.05, 4.69) is 4.74 Å². The number of ether oxygens (including phenoxy) is 2. The molecule has 12 heavy (non-hydrogen) atoms. The van der Waals surface area contributed by atoms with Crippen molar-refractivity contribution in [2.75, 3.05) is 6.61 Å². The number of carbonyl (C=O) groups is 1. The second-order valence-corrected chi connectivity index (χ2v) is 3.35. The molecule has 0 heterocycles. The van der Waals surface area contributed by atoms with Crippen LogP contribution in [0.5, 0.6) is 0 Å². The minimum absolute atomic E-state index is 0.364. The molecule has 72 valence electrons. The Morgan fingerprint density at radius 1 is 1.50 bits per heavy atom. The summed E-state index contributed by atoms with van der Waals surface area (Å²) in [7, 11) is 0. The van der Waals surface area contributed by atoms with Crippen LogP contribution in [0, 0.1) is 5.92 Å². The smallest absolute Gasteiger partial charge is 0.434 e. The highest BCUT2D eigenvalue weighted by Crippen LogP contribution is 2.03. The van der Waals surface area contributed by atoms with E-state index in [0.717, 1.165) is 6.42 Å². The number of halogens is 1. The molecule has 0 saturated carbocycles. The van der Waals surface area contributed by atoms with Crippen molar-refractivity contribution in [1.29, 1.82) is 0 Å². The van der Waals surface area contributed by atoms with Crippen LogP contribution in [0.1, 0.15) is 27.2 Å². The molecule has 0 fully saturated rings. The predicted molar refractivity (Wildman–Crippen MR) is 47.2 cm³/mol. The summed E-state index contributed by atoms with van der Waals surface area (Å²) in [6.07, 6.45) is 0.279. The molecular formula is C8H15ClO3. The van der Waals surface area contributed by atoms with Gasteiger partial charge in [-0.2, -0.15) is 0 Å². The largest absolute Gasteiger partial charge is 0.509 e. The molecule has 0 N–H and O–H groups in total. The molecule has 0 aliphatic rings. The van der Waals surface area contributed by atoms with Gasteiger partial charge in [0, 0.05) is 0 Å². The van der Waals surface area contributed by atoms with Crippen LogP contribution in [0.3, 0.4) is 0 Å². The van der Waals surface area contributed by atoms with Gasteiger partial charge in [-0.15, -0.1) is 0 Å². The Morgan fingerprint density at radius 2 is 2.08 bits per heavy atom. The van der Waals surface area contributed by atoms with Crippen molar-refractivity contribution >= 4 is 17.8 Å². The number of hydrogen-bond donors (Lipinski definition) is 0. The van der Waals surface area contributed by atoms with E-state index in [4.69, 9.17) is 16.3 Å². The predicted octanol–water partition coefficient (Wildman–Crippen LogP) is 2.77. The fourth-order valence-electron chi connectivity index (χ4n) is 0.495. The van der Waals surface area contributed by atoms with Gasteiger partial charge in [-0.05, 0) is 12.8 Å². The molecule has 0 amide bonds. The first kappa shape index (κ1) is 11.6. The van der Waals surface area contributed by atoms with Crippen molar-refractivity contribution < 1.29 is 14.3 Å². The van der Waals surface area contributed by atoms with Crippen LogP contribution >= 0.6 is 11.6 Å². The standard InChI is InChI=1S/C8H15ClO3/c1-4-6(2)5-11-8(10)12-7(3)9/h6-7H,4-5H2,1-3H3. The third kappa shape index (κ3) is 6.28. The molecule has 0 spiro atoms. The zero-order valence-corrected chi connectivity index (χ0v) is 8.43. The van der Waals surface area contributed by atoms with Crippen LogP contribution in [-0.4, -0.2) is 18.3 Å². The fraction of sp³-hybridized carbons (Fsp3) is 0.875. The molecule has 2 unspecified atom stereocenters. The van der Waals surface area contributed by atoms with Crippen LogP contribution in [0.4, 0.5) is 4.79 Å². The molecule has 0 aromatic carbocycles. The third-order valence-electron chi connectivity index (χ3n) is 1.44. The summed E-state index contributed by atoms with van der Waals surface area (Å²) >= 11 is 5.40. The second kappa shape index (κ2) is 6.12. The van der Waals surface area contributed by atoms with Gasteiger partial charge in [-0.25, -0.2) is 4.79 Å². The molecule has 0 aromatic rings. The van der Waals surface area contributed by atoms with E-state index in [1.54, 1.807) is 6.92 Å². The number of alkyl halides is 1. The lowest BCUT2D eigenvalue weighted by atomic mass is 10.1. The number of carbonyl (C=O) groups excluding carboxylic acids is 1. The van der Waals surface area contributed by atoms with Crippen molar-refractivity contribution in [2.45, 2.75) is 32.8 Å². The number of rotatable bonds is 4. The molecule has 4 heteroatoms. The van der Waals surface area contributed by atoms with Crippen molar-refractivity contribution in [2.24, 2.45) is 5.92 Å². The van der Waals surface area contributed by atoms with Crippen LogP contribution < -0.4 is 0 Å². The Bertz CT molecular complexity index is 136. The first-order valence-electron chi connectivity index (χ1n) is 4.03. The van der Waals surface area contributed by atoms with Crippen molar-refractivity contribution in [3.63, 3.8) is 0 Å². The topological polar surface area (TPSA) is 35.5 Å². The van der Waals surface area contributed by atoms with E-state index in [9.17, 15) is 4.79 Å². The van der Waals surface area contributed by atoms with E-state index < -0.39 is 11.7 Å². The average molecular weight is 195 g/mol. The van der Waals surface area contributed by atoms with E-state index in [0.29, 0.717) is 12.5 Å². The number of hydrogen-bond acceptors (Lipinski definition) is 3. The molecule has 0 aromatic heterocycles. The zero-order valence-electron chi connectivity index (χ0n) is 7.67. The Kier molecular flexibility index (Phi) is 5.89.